The van der Waals surface area contributed by atoms with Crippen molar-refractivity contribution in [2.75, 3.05) is 7.11 Å². The molecule has 112 valence electrons. The van der Waals surface area contributed by atoms with Crippen LogP contribution in [0.25, 0.3) is 5.57 Å². The zero-order valence-corrected chi connectivity index (χ0v) is 11.7. The Balaban J connectivity index is 3.19. The maximum atomic E-state index is 14.0. The minimum Gasteiger partial charge on any atom is -0.505 e. The standard InChI is InChI=1S/C16H15F3O2/c1-9(11(3)21-4)5-6-12(17)10(2)15-13(18)7-8-14(20)16(15)19/h5-8,20H,1,3H2,2,4H3/b6-5-,12-10-. The van der Waals surface area contributed by atoms with Crippen molar-refractivity contribution >= 4 is 5.57 Å². The van der Waals surface area contributed by atoms with Crippen molar-refractivity contribution in [2.24, 2.45) is 0 Å². The van der Waals surface area contributed by atoms with E-state index in [9.17, 15) is 18.3 Å². The van der Waals surface area contributed by atoms with Crippen LogP contribution in [0.4, 0.5) is 13.2 Å². The molecule has 0 fully saturated rings. The van der Waals surface area contributed by atoms with Crippen molar-refractivity contribution in [2.45, 2.75) is 6.92 Å². The van der Waals surface area contributed by atoms with E-state index in [4.69, 9.17) is 4.74 Å². The predicted molar refractivity (Wildman–Crippen MR) is 76.2 cm³/mol. The van der Waals surface area contributed by atoms with E-state index in [2.05, 4.69) is 13.2 Å². The van der Waals surface area contributed by atoms with Gasteiger partial charge in [0.05, 0.1) is 12.7 Å². The molecule has 0 saturated heterocycles. The maximum Gasteiger partial charge on any atom is 0.175 e. The van der Waals surface area contributed by atoms with E-state index >= 15 is 0 Å². The van der Waals surface area contributed by atoms with Crippen LogP contribution in [0.2, 0.25) is 0 Å². The molecule has 1 N–H and O–H groups in total. The van der Waals surface area contributed by atoms with E-state index in [0.29, 0.717) is 5.57 Å². The third-order valence-electron chi connectivity index (χ3n) is 2.84. The molecule has 1 aromatic carbocycles. The van der Waals surface area contributed by atoms with Gasteiger partial charge in [0.1, 0.15) is 17.4 Å². The van der Waals surface area contributed by atoms with Gasteiger partial charge in [0, 0.05) is 5.57 Å². The molecule has 0 spiro atoms. The molecule has 0 radical (unpaired) electrons. The molecular weight excluding hydrogens is 281 g/mol. The molecule has 0 bridgehead atoms. The lowest BCUT2D eigenvalue weighted by Gasteiger charge is -2.07. The molecule has 21 heavy (non-hydrogen) atoms. The van der Waals surface area contributed by atoms with Gasteiger partial charge in [-0.05, 0) is 36.8 Å². The third-order valence-corrected chi connectivity index (χ3v) is 2.84. The molecule has 0 heterocycles. The number of phenolic OH excluding ortho intramolecular Hbond substituents is 1. The van der Waals surface area contributed by atoms with Crippen LogP contribution in [0.5, 0.6) is 5.75 Å². The Morgan fingerprint density at radius 3 is 2.43 bits per heavy atom. The molecule has 1 rings (SSSR count). The fraction of sp³-hybridized carbons (Fsp3) is 0.125. The first kappa shape index (κ1) is 16.6. The number of benzene rings is 1. The highest BCUT2D eigenvalue weighted by molar-refractivity contribution is 5.69. The van der Waals surface area contributed by atoms with Crippen molar-refractivity contribution in [1.82, 2.24) is 0 Å². The van der Waals surface area contributed by atoms with E-state index in [1.54, 1.807) is 0 Å². The molecule has 2 nitrogen and oxygen atoms in total. The van der Waals surface area contributed by atoms with Crippen LogP contribution in [0.15, 0.2) is 54.6 Å². The number of halogens is 3. The molecule has 0 atom stereocenters. The Kier molecular flexibility index (Phi) is 5.41. The first-order chi connectivity index (χ1) is 9.79. The quantitative estimate of drug-likeness (QED) is 0.633. The SMILES string of the molecule is C=C(/C=C\C(F)=C(/C)c1c(F)ccc(O)c1F)C(=C)OC. The van der Waals surface area contributed by atoms with Gasteiger partial charge in [0.15, 0.2) is 11.6 Å². The normalized spacial score (nSPS) is 12.2. The molecule has 0 aromatic heterocycles. The Morgan fingerprint density at radius 2 is 1.86 bits per heavy atom. The van der Waals surface area contributed by atoms with Crippen molar-refractivity contribution in [3.8, 4) is 5.75 Å². The number of aromatic hydroxyl groups is 1. The summed E-state index contributed by atoms with van der Waals surface area (Å²) in [7, 11) is 1.39. The molecule has 5 heteroatoms. The predicted octanol–water partition coefficient (Wildman–Crippen LogP) is 4.64. The van der Waals surface area contributed by atoms with Gasteiger partial charge in [-0.1, -0.05) is 13.2 Å². The second-order valence-electron chi connectivity index (χ2n) is 4.21. The van der Waals surface area contributed by atoms with Crippen LogP contribution in [0.1, 0.15) is 12.5 Å². The molecule has 0 amide bonds. The van der Waals surface area contributed by atoms with Crippen LogP contribution in [-0.4, -0.2) is 12.2 Å². The van der Waals surface area contributed by atoms with Crippen LogP contribution < -0.4 is 0 Å². The van der Waals surface area contributed by atoms with Gasteiger partial charge in [-0.2, -0.15) is 0 Å². The van der Waals surface area contributed by atoms with Crippen LogP contribution in [-0.2, 0) is 4.74 Å². The summed E-state index contributed by atoms with van der Waals surface area (Å²) in [4.78, 5) is 0. The number of ether oxygens (including phenoxy) is 1. The highest BCUT2D eigenvalue weighted by atomic mass is 19.1. The average Bonchev–Trinajstić information content (AvgIpc) is 2.47. The smallest absolute Gasteiger partial charge is 0.175 e. The lowest BCUT2D eigenvalue weighted by molar-refractivity contribution is 0.305. The van der Waals surface area contributed by atoms with Crippen LogP contribution in [0.3, 0.4) is 0 Å². The van der Waals surface area contributed by atoms with Crippen molar-refractivity contribution in [1.29, 1.82) is 0 Å². The fourth-order valence-electron chi connectivity index (χ4n) is 1.53. The summed E-state index contributed by atoms with van der Waals surface area (Å²) in [5.41, 5.74) is -0.585. The molecule has 1 aromatic rings. The van der Waals surface area contributed by atoms with Gasteiger partial charge in [-0.15, -0.1) is 0 Å². The molecule has 0 aliphatic rings. The summed E-state index contributed by atoms with van der Waals surface area (Å²) < 4.78 is 46.1. The summed E-state index contributed by atoms with van der Waals surface area (Å²) in [6.07, 6.45) is 2.26. The fourth-order valence-corrected chi connectivity index (χ4v) is 1.53. The monoisotopic (exact) mass is 296 g/mol. The summed E-state index contributed by atoms with van der Waals surface area (Å²) in [6, 6.07) is 1.72. The van der Waals surface area contributed by atoms with E-state index < -0.39 is 28.8 Å². The topological polar surface area (TPSA) is 29.5 Å². The van der Waals surface area contributed by atoms with Crippen LogP contribution >= 0.6 is 0 Å². The Bertz CT molecular complexity index is 643. The number of methoxy groups -OCH3 is 1. The highest BCUT2D eigenvalue weighted by Gasteiger charge is 2.17. The van der Waals surface area contributed by atoms with Gasteiger partial charge in [0.25, 0.3) is 0 Å². The van der Waals surface area contributed by atoms with E-state index in [1.165, 1.54) is 20.1 Å². The first-order valence-electron chi connectivity index (χ1n) is 5.93. The first-order valence-corrected chi connectivity index (χ1v) is 5.93. The largest absolute Gasteiger partial charge is 0.505 e. The van der Waals surface area contributed by atoms with Gasteiger partial charge in [-0.3, -0.25) is 0 Å². The Hall–Kier alpha value is -2.43. The second-order valence-corrected chi connectivity index (χ2v) is 4.21. The molecule has 0 aliphatic heterocycles. The molecule has 0 aliphatic carbocycles. The van der Waals surface area contributed by atoms with Gasteiger partial charge in [-0.25, -0.2) is 13.2 Å². The van der Waals surface area contributed by atoms with Gasteiger partial charge in [0.2, 0.25) is 0 Å². The van der Waals surface area contributed by atoms with Crippen molar-refractivity contribution in [3.63, 3.8) is 0 Å². The van der Waals surface area contributed by atoms with Gasteiger partial charge >= 0.3 is 0 Å². The van der Waals surface area contributed by atoms with Gasteiger partial charge < -0.3 is 9.84 Å². The Labute approximate surface area is 121 Å². The average molecular weight is 296 g/mol. The van der Waals surface area contributed by atoms with Crippen molar-refractivity contribution < 1.29 is 23.0 Å². The zero-order valence-electron chi connectivity index (χ0n) is 11.7. The number of phenols is 1. The summed E-state index contributed by atoms with van der Waals surface area (Å²) >= 11 is 0. The summed E-state index contributed by atoms with van der Waals surface area (Å²) in [6.45, 7) is 8.32. The summed E-state index contributed by atoms with van der Waals surface area (Å²) in [5.74, 6) is -3.56. The molecule has 0 saturated carbocycles. The second kappa shape index (κ2) is 6.83. The maximum absolute atomic E-state index is 14.0. The number of rotatable bonds is 5. The summed E-state index contributed by atoms with van der Waals surface area (Å²) in [5, 5.41) is 9.23. The Morgan fingerprint density at radius 1 is 1.24 bits per heavy atom. The van der Waals surface area contributed by atoms with Crippen LogP contribution in [0, 0.1) is 11.6 Å². The zero-order chi connectivity index (χ0) is 16.2. The van der Waals surface area contributed by atoms with Crippen molar-refractivity contribution in [3.05, 3.63) is 71.8 Å². The number of allylic oxidation sites excluding steroid dienone is 4. The lowest BCUT2D eigenvalue weighted by Crippen LogP contribution is -1.95. The number of hydrogen-bond donors (Lipinski definition) is 1. The van der Waals surface area contributed by atoms with E-state index in [1.807, 2.05) is 0 Å². The molecule has 0 unspecified atom stereocenters. The molecular formula is C16H15F3O2. The minimum atomic E-state index is -1.21. The third kappa shape index (κ3) is 3.78. The van der Waals surface area contributed by atoms with E-state index in [0.717, 1.165) is 18.2 Å². The number of hydrogen-bond acceptors (Lipinski definition) is 2. The lowest BCUT2D eigenvalue weighted by atomic mass is 10.0. The minimum absolute atomic E-state index is 0.242. The highest BCUT2D eigenvalue weighted by Crippen LogP contribution is 2.30. The van der Waals surface area contributed by atoms with E-state index in [-0.39, 0.29) is 11.3 Å².